The fraction of sp³-hybridized carbons (Fsp3) is 0.559. The molecular weight excluding hydrogens is 502 g/mol. The van der Waals surface area contributed by atoms with Gasteiger partial charge in [-0.15, -0.1) is 0 Å². The van der Waals surface area contributed by atoms with E-state index in [0.29, 0.717) is 47.4 Å². The number of rotatable bonds is 3. The summed E-state index contributed by atoms with van der Waals surface area (Å²) in [5.74, 6) is 0.224. The Hall–Kier alpha value is -2.99. The van der Waals surface area contributed by atoms with Gasteiger partial charge in [-0.05, 0) is 92.2 Å². The second-order valence-corrected chi connectivity index (χ2v) is 13.7. The lowest BCUT2D eigenvalue weighted by atomic mass is 9.43. The van der Waals surface area contributed by atoms with Crippen LogP contribution >= 0.6 is 0 Å². The normalized spacial score (nSPS) is 41.8. The highest BCUT2D eigenvalue weighted by Crippen LogP contribution is 2.67. The van der Waals surface area contributed by atoms with Gasteiger partial charge in [0, 0.05) is 23.1 Å². The van der Waals surface area contributed by atoms with Gasteiger partial charge in [0.1, 0.15) is 11.9 Å². The van der Waals surface area contributed by atoms with Crippen molar-refractivity contribution in [1.29, 1.82) is 0 Å². The number of ether oxygens (including phenoxy) is 1. The molecule has 1 amide bonds. The third-order valence-electron chi connectivity index (χ3n) is 12.2. The molecule has 0 aromatic heterocycles. The van der Waals surface area contributed by atoms with Crippen molar-refractivity contribution < 1.29 is 24.2 Å². The minimum atomic E-state index is -1.82. The average Bonchev–Trinajstić information content (AvgIpc) is 3.42. The van der Waals surface area contributed by atoms with E-state index in [0.717, 1.165) is 38.5 Å². The number of aliphatic hydroxyl groups is 1. The molecule has 5 aliphatic rings. The summed E-state index contributed by atoms with van der Waals surface area (Å²) in [7, 11) is 0. The molecule has 0 spiro atoms. The van der Waals surface area contributed by atoms with E-state index in [9.17, 15) is 19.5 Å². The Morgan fingerprint density at radius 3 is 2.42 bits per heavy atom. The van der Waals surface area contributed by atoms with E-state index in [1.165, 1.54) is 0 Å². The van der Waals surface area contributed by atoms with Crippen LogP contribution in [-0.4, -0.2) is 28.9 Å². The lowest BCUT2D eigenvalue weighted by Crippen LogP contribution is -2.58. The number of ketones is 1. The average molecular weight is 542 g/mol. The summed E-state index contributed by atoms with van der Waals surface area (Å²) >= 11 is 0. The second-order valence-electron chi connectivity index (χ2n) is 13.7. The molecule has 6 nitrogen and oxygen atoms in total. The van der Waals surface area contributed by atoms with Crippen molar-refractivity contribution in [2.45, 2.75) is 76.9 Å². The first-order valence-electron chi connectivity index (χ1n) is 15.1. The van der Waals surface area contributed by atoms with Gasteiger partial charge in [-0.3, -0.25) is 9.59 Å². The van der Waals surface area contributed by atoms with Crippen LogP contribution in [-0.2, 0) is 19.9 Å². The number of hydrogen-bond donors (Lipinski definition) is 2. The standard InChI is InChI=1S/C34H39NO5/c1-32-17-16-24-22(23(32)14-15-29(32)40-30(37)20-8-4-3-5-9-20)13-12-21-18-28(36)26(19-33(21,24)2)34(39)25-10-6-7-11-27(25)35-31(34)38/h3-11,21-24,26,29,39H,12-19H2,1-2H3,(H,35,38). The van der Waals surface area contributed by atoms with Crippen LogP contribution in [0.5, 0.6) is 0 Å². The summed E-state index contributed by atoms with van der Waals surface area (Å²) in [6, 6.07) is 16.5. The highest BCUT2D eigenvalue weighted by molar-refractivity contribution is 6.08. The maximum absolute atomic E-state index is 13.6. The molecule has 4 fully saturated rings. The van der Waals surface area contributed by atoms with Crippen LogP contribution in [0.2, 0.25) is 0 Å². The molecule has 0 bridgehead atoms. The van der Waals surface area contributed by atoms with E-state index in [-0.39, 0.29) is 34.6 Å². The molecule has 2 aromatic rings. The number of carbonyl (C=O) groups excluding carboxylic acids is 3. The van der Waals surface area contributed by atoms with Gasteiger partial charge in [-0.1, -0.05) is 50.2 Å². The van der Waals surface area contributed by atoms with Crippen molar-refractivity contribution in [3.05, 3.63) is 65.7 Å². The number of hydrogen-bond acceptors (Lipinski definition) is 5. The first-order valence-corrected chi connectivity index (χ1v) is 15.1. The van der Waals surface area contributed by atoms with Crippen molar-refractivity contribution in [3.63, 3.8) is 0 Å². The SMILES string of the molecule is CC12CC(C3(O)C(=O)Nc4ccccc43)C(=O)CC1CCC1C2CCC2(C)C(OC(=O)c3ccccc3)CCC12. The van der Waals surface area contributed by atoms with Crippen molar-refractivity contribution in [3.8, 4) is 0 Å². The molecule has 9 atom stereocenters. The van der Waals surface area contributed by atoms with Crippen LogP contribution in [0, 0.1) is 40.4 Å². The number of para-hydroxylation sites is 1. The van der Waals surface area contributed by atoms with Crippen molar-refractivity contribution >= 4 is 23.3 Å². The Bertz CT molecular complexity index is 1370. The van der Waals surface area contributed by atoms with Crippen LogP contribution in [0.15, 0.2) is 54.6 Å². The summed E-state index contributed by atoms with van der Waals surface area (Å²) in [5.41, 5.74) is -0.266. The van der Waals surface area contributed by atoms with Crippen molar-refractivity contribution in [2.75, 3.05) is 5.32 Å². The number of anilines is 1. The molecule has 0 radical (unpaired) electrons. The summed E-state index contributed by atoms with van der Waals surface area (Å²) in [6.07, 6.45) is 6.92. The quantitative estimate of drug-likeness (QED) is 0.473. The molecular formula is C34H39NO5. The van der Waals surface area contributed by atoms with E-state index >= 15 is 0 Å². The number of carbonyl (C=O) groups is 3. The molecule has 9 unspecified atom stereocenters. The van der Waals surface area contributed by atoms with Crippen molar-refractivity contribution in [1.82, 2.24) is 0 Å². The maximum atomic E-state index is 13.6. The number of fused-ring (bicyclic) bond motifs is 6. The van der Waals surface area contributed by atoms with E-state index < -0.39 is 17.4 Å². The van der Waals surface area contributed by atoms with Gasteiger partial charge in [0.05, 0.1) is 11.5 Å². The lowest BCUT2D eigenvalue weighted by Gasteiger charge is -2.61. The topological polar surface area (TPSA) is 92.7 Å². The first kappa shape index (κ1) is 25.9. The predicted molar refractivity (Wildman–Crippen MR) is 150 cm³/mol. The highest BCUT2D eigenvalue weighted by atomic mass is 16.5. The fourth-order valence-electron chi connectivity index (χ4n) is 10.0. The number of nitrogens with one attached hydrogen (secondary N) is 1. The zero-order valence-corrected chi connectivity index (χ0v) is 23.4. The van der Waals surface area contributed by atoms with Gasteiger partial charge in [-0.2, -0.15) is 0 Å². The van der Waals surface area contributed by atoms with Gasteiger partial charge in [0.25, 0.3) is 5.91 Å². The van der Waals surface area contributed by atoms with Crippen LogP contribution in [0.25, 0.3) is 0 Å². The molecule has 7 rings (SSSR count). The largest absolute Gasteiger partial charge is 0.458 e. The van der Waals surface area contributed by atoms with Crippen LogP contribution in [0.3, 0.4) is 0 Å². The van der Waals surface area contributed by atoms with Crippen LogP contribution in [0.1, 0.15) is 81.1 Å². The number of amides is 1. The first-order chi connectivity index (χ1) is 19.2. The molecule has 2 N–H and O–H groups in total. The molecule has 1 aliphatic heterocycles. The van der Waals surface area contributed by atoms with Gasteiger partial charge < -0.3 is 15.2 Å². The smallest absolute Gasteiger partial charge is 0.338 e. The highest BCUT2D eigenvalue weighted by Gasteiger charge is 2.65. The molecule has 1 heterocycles. The second kappa shape index (κ2) is 9.01. The Labute approximate surface area is 235 Å². The molecule has 6 heteroatoms. The minimum Gasteiger partial charge on any atom is -0.458 e. The number of Topliss-reactive ketones (excluding diaryl/α,β-unsaturated/α-hetero) is 1. The Morgan fingerprint density at radius 2 is 1.62 bits per heavy atom. The summed E-state index contributed by atoms with van der Waals surface area (Å²) < 4.78 is 6.18. The monoisotopic (exact) mass is 541 g/mol. The predicted octanol–water partition coefficient (Wildman–Crippen LogP) is 5.89. The van der Waals surface area contributed by atoms with Crippen molar-refractivity contribution in [2.24, 2.45) is 40.4 Å². The minimum absolute atomic E-state index is 0.0182. The number of esters is 1. The Balaban J connectivity index is 1.15. The van der Waals surface area contributed by atoms with E-state index in [1.54, 1.807) is 12.1 Å². The van der Waals surface area contributed by atoms with Gasteiger partial charge in [0.15, 0.2) is 5.60 Å². The molecule has 4 saturated carbocycles. The summed E-state index contributed by atoms with van der Waals surface area (Å²) in [5, 5.41) is 14.8. The Kier molecular flexibility index (Phi) is 5.84. The fourth-order valence-corrected chi connectivity index (χ4v) is 10.0. The third-order valence-corrected chi connectivity index (χ3v) is 12.2. The molecule has 2 aromatic carbocycles. The summed E-state index contributed by atoms with van der Waals surface area (Å²) in [6.45, 7) is 4.66. The third kappa shape index (κ3) is 3.54. The molecule has 4 aliphatic carbocycles. The zero-order valence-electron chi connectivity index (χ0n) is 23.4. The van der Waals surface area contributed by atoms with E-state index in [2.05, 4.69) is 19.2 Å². The van der Waals surface area contributed by atoms with Gasteiger partial charge >= 0.3 is 5.97 Å². The Morgan fingerprint density at radius 1 is 0.900 bits per heavy atom. The van der Waals surface area contributed by atoms with Crippen LogP contribution in [0.4, 0.5) is 5.69 Å². The number of benzene rings is 2. The zero-order chi connectivity index (χ0) is 27.9. The van der Waals surface area contributed by atoms with E-state index in [4.69, 9.17) is 4.74 Å². The maximum Gasteiger partial charge on any atom is 0.338 e. The summed E-state index contributed by atoms with van der Waals surface area (Å²) in [4.78, 5) is 39.8. The lowest BCUT2D eigenvalue weighted by molar-refractivity contribution is -0.172. The van der Waals surface area contributed by atoms with Gasteiger partial charge in [-0.25, -0.2) is 4.79 Å². The van der Waals surface area contributed by atoms with Crippen LogP contribution < -0.4 is 5.32 Å². The molecule has 210 valence electrons. The van der Waals surface area contributed by atoms with Gasteiger partial charge in [0.2, 0.25) is 0 Å². The van der Waals surface area contributed by atoms with E-state index in [1.807, 2.05) is 42.5 Å². The molecule has 40 heavy (non-hydrogen) atoms. The molecule has 0 saturated heterocycles.